The van der Waals surface area contributed by atoms with Gasteiger partial charge >= 0.3 is 11.9 Å². The monoisotopic (exact) mass is 429 g/mol. The van der Waals surface area contributed by atoms with Gasteiger partial charge in [0.1, 0.15) is 11.4 Å². The third kappa shape index (κ3) is 6.20. The van der Waals surface area contributed by atoms with Crippen LogP contribution >= 0.6 is 0 Å². The quantitative estimate of drug-likeness (QED) is 0.410. The van der Waals surface area contributed by atoms with Crippen molar-refractivity contribution in [3.63, 3.8) is 0 Å². The molecule has 0 radical (unpaired) electrons. The minimum absolute atomic E-state index is 0.0165. The number of hydrogen-bond donors (Lipinski definition) is 0. The molecule has 0 aliphatic rings. The summed E-state index contributed by atoms with van der Waals surface area (Å²) >= 11 is 0. The van der Waals surface area contributed by atoms with Crippen molar-refractivity contribution in [2.45, 2.75) is 31.7 Å². The maximum absolute atomic E-state index is 13.4. The first kappa shape index (κ1) is 24.4. The van der Waals surface area contributed by atoms with Crippen LogP contribution in [0.5, 0.6) is 11.5 Å². The lowest BCUT2D eigenvalue weighted by molar-refractivity contribution is -0.143. The van der Waals surface area contributed by atoms with Crippen molar-refractivity contribution < 1.29 is 37.0 Å². The Kier molecular flexibility index (Phi) is 9.12. The number of methoxy groups -OCH3 is 3. The van der Waals surface area contributed by atoms with Crippen LogP contribution in [0.2, 0.25) is 0 Å². The maximum atomic E-state index is 13.4. The summed E-state index contributed by atoms with van der Waals surface area (Å²) in [6.07, 6.45) is 2.54. The third-order valence-electron chi connectivity index (χ3n) is 3.83. The number of nitrogens with zero attached hydrogens (tertiary/aromatic N) is 1. The second kappa shape index (κ2) is 10.8. The molecule has 29 heavy (non-hydrogen) atoms. The van der Waals surface area contributed by atoms with E-state index in [0.717, 1.165) is 10.4 Å². The molecule has 1 aromatic rings. The first-order chi connectivity index (χ1) is 13.6. The molecule has 0 atom stereocenters. The third-order valence-corrected chi connectivity index (χ3v) is 5.86. The topological polar surface area (TPSA) is 108 Å². The summed E-state index contributed by atoms with van der Waals surface area (Å²) in [5.41, 5.74) is 0.367. The highest BCUT2D eigenvalue weighted by Gasteiger charge is 2.33. The van der Waals surface area contributed by atoms with E-state index >= 15 is 0 Å². The van der Waals surface area contributed by atoms with E-state index in [1.807, 2.05) is 0 Å². The minimum Gasteiger partial charge on any atom is -0.493 e. The van der Waals surface area contributed by atoms with E-state index in [-0.39, 0.29) is 23.0 Å². The summed E-state index contributed by atoms with van der Waals surface area (Å²) in [6.45, 7) is 4.59. The normalized spacial score (nSPS) is 11.7. The van der Waals surface area contributed by atoms with Gasteiger partial charge in [0, 0.05) is 12.1 Å². The predicted molar refractivity (Wildman–Crippen MR) is 106 cm³/mol. The smallest absolute Gasteiger partial charge is 0.330 e. The molecule has 0 aliphatic carbocycles. The van der Waals surface area contributed by atoms with Gasteiger partial charge in [0.15, 0.2) is 11.5 Å². The Morgan fingerprint density at radius 1 is 1.14 bits per heavy atom. The molecule has 1 rings (SSSR count). The van der Waals surface area contributed by atoms with E-state index in [1.54, 1.807) is 20.8 Å². The summed E-state index contributed by atoms with van der Waals surface area (Å²) in [5.74, 6) is -1.14. The van der Waals surface area contributed by atoms with Crippen LogP contribution in [0, 0.1) is 0 Å². The van der Waals surface area contributed by atoms with Gasteiger partial charge in [0.2, 0.25) is 10.0 Å². The van der Waals surface area contributed by atoms with E-state index in [2.05, 4.69) is 4.74 Å². The Bertz CT molecular complexity index is 861. The van der Waals surface area contributed by atoms with E-state index in [0.29, 0.717) is 5.56 Å². The second-order valence-corrected chi connectivity index (χ2v) is 7.92. The minimum atomic E-state index is -4.18. The van der Waals surface area contributed by atoms with Gasteiger partial charge in [-0.15, -0.1) is 0 Å². The van der Waals surface area contributed by atoms with E-state index < -0.39 is 34.5 Å². The van der Waals surface area contributed by atoms with E-state index in [4.69, 9.17) is 14.2 Å². The van der Waals surface area contributed by atoms with Gasteiger partial charge in [0.05, 0.1) is 27.9 Å². The highest BCUT2D eigenvalue weighted by atomic mass is 32.2. The summed E-state index contributed by atoms with van der Waals surface area (Å²) in [7, 11) is -0.276. The lowest BCUT2D eigenvalue weighted by Gasteiger charge is -2.26. The van der Waals surface area contributed by atoms with Crippen LogP contribution in [-0.4, -0.2) is 65.2 Å². The Labute approximate surface area is 171 Å². The van der Waals surface area contributed by atoms with Crippen LogP contribution in [-0.2, 0) is 29.1 Å². The summed E-state index contributed by atoms with van der Waals surface area (Å²) in [6, 6.07) is 2.31. The average Bonchev–Trinajstić information content (AvgIpc) is 2.68. The van der Waals surface area contributed by atoms with Crippen molar-refractivity contribution in [2.75, 3.05) is 34.5 Å². The molecule has 1 aromatic carbocycles. The molecule has 0 unspecified atom stereocenters. The molecule has 9 nitrogen and oxygen atoms in total. The molecule has 0 aromatic heterocycles. The molecule has 0 saturated heterocycles. The second-order valence-electron chi connectivity index (χ2n) is 6.06. The van der Waals surface area contributed by atoms with Crippen LogP contribution in [0.4, 0.5) is 0 Å². The standard InChI is InChI=1S/C19H27NO8S/c1-7-28-18(22)12-20(13(2)3)29(23,24)16-11-14(8-9-17(21)26-5)10-15(25-4)19(16)27-6/h8-11,13H,7,12H2,1-6H3/b9-8+. The predicted octanol–water partition coefficient (Wildman–Crippen LogP) is 1.85. The van der Waals surface area contributed by atoms with Crippen LogP contribution < -0.4 is 9.47 Å². The van der Waals surface area contributed by atoms with Gasteiger partial charge in [-0.05, 0) is 44.5 Å². The summed E-state index contributed by atoms with van der Waals surface area (Å²) < 4.78 is 47.7. The first-order valence-electron chi connectivity index (χ1n) is 8.81. The van der Waals surface area contributed by atoms with Crippen molar-refractivity contribution in [3.8, 4) is 11.5 Å². The Balaban J connectivity index is 3.58. The number of hydrogen-bond acceptors (Lipinski definition) is 8. The maximum Gasteiger partial charge on any atom is 0.330 e. The van der Waals surface area contributed by atoms with Crippen molar-refractivity contribution in [3.05, 3.63) is 23.8 Å². The Hall–Kier alpha value is -2.59. The van der Waals surface area contributed by atoms with Gasteiger partial charge < -0.3 is 18.9 Å². The number of ether oxygens (including phenoxy) is 4. The lowest BCUT2D eigenvalue weighted by Crippen LogP contribution is -2.41. The largest absolute Gasteiger partial charge is 0.493 e. The van der Waals surface area contributed by atoms with Gasteiger partial charge in [-0.1, -0.05) is 0 Å². The van der Waals surface area contributed by atoms with Crippen molar-refractivity contribution in [1.82, 2.24) is 4.31 Å². The zero-order chi connectivity index (χ0) is 22.2. The van der Waals surface area contributed by atoms with Gasteiger partial charge in [0.25, 0.3) is 0 Å². The number of carbonyl (C=O) groups excluding carboxylic acids is 2. The molecule has 0 amide bonds. The molecular formula is C19H27NO8S. The average molecular weight is 429 g/mol. The molecule has 0 aliphatic heterocycles. The molecule has 162 valence electrons. The fourth-order valence-corrected chi connectivity index (χ4v) is 4.26. The van der Waals surface area contributed by atoms with Gasteiger partial charge in [-0.25, -0.2) is 13.2 Å². The number of carbonyl (C=O) groups is 2. The molecule has 0 fully saturated rings. The fraction of sp³-hybridized carbons (Fsp3) is 0.474. The lowest BCUT2D eigenvalue weighted by atomic mass is 10.2. The molecular weight excluding hydrogens is 402 g/mol. The number of esters is 2. The van der Waals surface area contributed by atoms with Crippen LogP contribution in [0.1, 0.15) is 26.3 Å². The molecule has 0 heterocycles. The van der Waals surface area contributed by atoms with Crippen molar-refractivity contribution in [2.24, 2.45) is 0 Å². The van der Waals surface area contributed by atoms with Crippen LogP contribution in [0.25, 0.3) is 6.08 Å². The molecule has 0 spiro atoms. The molecule has 10 heteroatoms. The van der Waals surface area contributed by atoms with E-state index in [9.17, 15) is 18.0 Å². The Morgan fingerprint density at radius 3 is 2.28 bits per heavy atom. The van der Waals surface area contributed by atoms with Gasteiger partial charge in [-0.2, -0.15) is 4.31 Å². The Morgan fingerprint density at radius 2 is 1.79 bits per heavy atom. The van der Waals surface area contributed by atoms with Gasteiger partial charge in [-0.3, -0.25) is 4.79 Å². The highest BCUT2D eigenvalue weighted by molar-refractivity contribution is 7.89. The van der Waals surface area contributed by atoms with Crippen molar-refractivity contribution in [1.29, 1.82) is 0 Å². The summed E-state index contributed by atoms with van der Waals surface area (Å²) in [5, 5.41) is 0. The van der Waals surface area contributed by atoms with E-state index in [1.165, 1.54) is 39.5 Å². The van der Waals surface area contributed by atoms with Crippen molar-refractivity contribution >= 4 is 28.0 Å². The number of sulfonamides is 1. The highest BCUT2D eigenvalue weighted by Crippen LogP contribution is 2.38. The van der Waals surface area contributed by atoms with Crippen LogP contribution in [0.15, 0.2) is 23.1 Å². The fourth-order valence-electron chi connectivity index (χ4n) is 2.48. The first-order valence-corrected chi connectivity index (χ1v) is 10.3. The SMILES string of the molecule is CCOC(=O)CN(C(C)C)S(=O)(=O)c1cc(/C=C/C(=O)OC)cc(OC)c1OC. The van der Waals surface area contributed by atoms with Crippen LogP contribution in [0.3, 0.4) is 0 Å². The number of benzene rings is 1. The zero-order valence-corrected chi connectivity index (χ0v) is 18.2. The number of rotatable bonds is 10. The molecule has 0 bridgehead atoms. The molecule has 0 saturated carbocycles. The summed E-state index contributed by atoms with van der Waals surface area (Å²) in [4.78, 5) is 23.1. The zero-order valence-electron chi connectivity index (χ0n) is 17.4. The molecule has 0 N–H and O–H groups in total.